The molecule has 78 valence electrons. The Balaban J connectivity index is 2.86. The smallest absolute Gasteiger partial charge is 0.309 e. The normalized spacial score (nSPS) is 11.2. The third-order valence-electron chi connectivity index (χ3n) is 2.29. The summed E-state index contributed by atoms with van der Waals surface area (Å²) in [5.74, 6) is -0.205. The molecule has 0 bridgehead atoms. The number of halogens is 1. The Labute approximate surface area is 86.0 Å². The molecule has 1 aromatic carbocycles. The third-order valence-corrected chi connectivity index (χ3v) is 2.29. The number of hydrogen-bond acceptors (Lipinski definition) is 2. The highest BCUT2D eigenvalue weighted by molar-refractivity contribution is 5.81. The Morgan fingerprint density at radius 1 is 1.40 bits per heavy atom. The minimum absolute atomic E-state index is 0.175. The lowest BCUT2D eigenvalue weighted by Crippen LogP contribution is -2.14. The van der Waals surface area contributed by atoms with Crippen molar-refractivity contribution in [2.45, 2.75) is 19.8 Å². The van der Waals surface area contributed by atoms with E-state index in [-0.39, 0.29) is 11.7 Å². The van der Waals surface area contributed by atoms with E-state index in [0.717, 1.165) is 11.1 Å². The number of hydrogen-bond donors (Lipinski definition) is 1. The second kappa shape index (κ2) is 3.46. The molecule has 0 unspecified atom stereocenters. The quantitative estimate of drug-likeness (QED) is 0.777. The van der Waals surface area contributed by atoms with E-state index < -0.39 is 5.69 Å². The Hall–Kier alpha value is -1.71. The fraction of sp³-hybridized carbons (Fsp3) is 0.273. The minimum atomic E-state index is -0.434. The van der Waals surface area contributed by atoms with E-state index in [1.54, 1.807) is 6.07 Å². The van der Waals surface area contributed by atoms with E-state index in [4.69, 9.17) is 0 Å². The first-order valence-electron chi connectivity index (χ1n) is 4.77. The number of nitrogens with one attached hydrogen (secondary N) is 1. The van der Waals surface area contributed by atoms with Crippen LogP contribution >= 0.6 is 0 Å². The van der Waals surface area contributed by atoms with Crippen molar-refractivity contribution in [3.05, 3.63) is 40.2 Å². The van der Waals surface area contributed by atoms with Crippen LogP contribution in [0.15, 0.2) is 23.0 Å². The maximum atomic E-state index is 12.9. The summed E-state index contributed by atoms with van der Waals surface area (Å²) >= 11 is 0. The van der Waals surface area contributed by atoms with Crippen LogP contribution in [0, 0.1) is 5.82 Å². The van der Waals surface area contributed by atoms with Crippen molar-refractivity contribution in [1.29, 1.82) is 0 Å². The van der Waals surface area contributed by atoms with Crippen molar-refractivity contribution in [2.24, 2.45) is 0 Å². The Morgan fingerprint density at radius 2 is 2.13 bits per heavy atom. The Bertz CT molecular complexity index is 560. The summed E-state index contributed by atoms with van der Waals surface area (Å²) in [6, 6.07) is 4.29. The number of benzene rings is 1. The topological polar surface area (TPSA) is 45.8 Å². The zero-order valence-corrected chi connectivity index (χ0v) is 8.54. The maximum Gasteiger partial charge on any atom is 0.345 e. The number of fused-ring (bicyclic) bond motifs is 1. The summed E-state index contributed by atoms with van der Waals surface area (Å²) < 4.78 is 12.9. The highest BCUT2D eigenvalue weighted by Gasteiger charge is 2.08. The molecule has 0 amide bonds. The molecule has 0 aliphatic rings. The van der Waals surface area contributed by atoms with Crippen LogP contribution in [0.4, 0.5) is 4.39 Å². The van der Waals surface area contributed by atoms with Crippen LogP contribution in [0.1, 0.15) is 25.5 Å². The van der Waals surface area contributed by atoms with Gasteiger partial charge in [0.2, 0.25) is 0 Å². The molecule has 0 saturated heterocycles. The van der Waals surface area contributed by atoms with Gasteiger partial charge in [-0.15, -0.1) is 0 Å². The van der Waals surface area contributed by atoms with Crippen LogP contribution in [0.5, 0.6) is 0 Å². The first-order valence-corrected chi connectivity index (χ1v) is 4.77. The molecule has 2 rings (SSSR count). The minimum Gasteiger partial charge on any atom is -0.309 e. The van der Waals surface area contributed by atoms with Gasteiger partial charge in [0.25, 0.3) is 0 Å². The first kappa shape index (κ1) is 9.83. The Morgan fingerprint density at radius 3 is 2.80 bits per heavy atom. The largest absolute Gasteiger partial charge is 0.345 e. The standard InChI is InChI=1S/C11H11FN2O/c1-6(2)10-8-4-3-7(12)5-9(8)13-11(15)14-10/h3-6H,1-2H3,(H,13,14,15). The molecule has 0 aliphatic heterocycles. The van der Waals surface area contributed by atoms with E-state index in [2.05, 4.69) is 9.97 Å². The van der Waals surface area contributed by atoms with E-state index >= 15 is 0 Å². The number of aromatic nitrogens is 2. The third kappa shape index (κ3) is 1.75. The molecule has 0 saturated carbocycles. The lowest BCUT2D eigenvalue weighted by Gasteiger charge is -2.08. The lowest BCUT2D eigenvalue weighted by atomic mass is 10.0. The lowest BCUT2D eigenvalue weighted by molar-refractivity contribution is 0.629. The van der Waals surface area contributed by atoms with E-state index in [9.17, 15) is 9.18 Å². The Kier molecular flexibility index (Phi) is 2.26. The van der Waals surface area contributed by atoms with E-state index in [1.165, 1.54) is 12.1 Å². The number of H-pyrrole nitrogens is 1. The van der Waals surface area contributed by atoms with E-state index in [1.807, 2.05) is 13.8 Å². The summed E-state index contributed by atoms with van der Waals surface area (Å²) in [7, 11) is 0. The zero-order valence-electron chi connectivity index (χ0n) is 8.54. The van der Waals surface area contributed by atoms with Gasteiger partial charge < -0.3 is 4.98 Å². The van der Waals surface area contributed by atoms with Gasteiger partial charge in [0.15, 0.2) is 0 Å². The highest BCUT2D eigenvalue weighted by Crippen LogP contribution is 2.20. The number of rotatable bonds is 1. The summed E-state index contributed by atoms with van der Waals surface area (Å²) in [6.45, 7) is 3.93. The molecule has 15 heavy (non-hydrogen) atoms. The first-order chi connectivity index (χ1) is 7.08. The second-order valence-corrected chi connectivity index (χ2v) is 3.77. The molecule has 3 nitrogen and oxygen atoms in total. The van der Waals surface area contributed by atoms with Crippen LogP contribution in [-0.4, -0.2) is 9.97 Å². The van der Waals surface area contributed by atoms with Crippen LogP contribution in [-0.2, 0) is 0 Å². The SMILES string of the molecule is CC(C)c1[nH]c(=O)nc2cc(F)ccc12. The molecular formula is C11H11FN2O. The van der Waals surface area contributed by atoms with Crippen molar-refractivity contribution < 1.29 is 4.39 Å². The van der Waals surface area contributed by atoms with Gasteiger partial charge >= 0.3 is 5.69 Å². The van der Waals surface area contributed by atoms with Crippen molar-refractivity contribution >= 4 is 10.9 Å². The predicted octanol–water partition coefficient (Wildman–Crippen LogP) is 2.19. The van der Waals surface area contributed by atoms with Gasteiger partial charge in [-0.25, -0.2) is 9.18 Å². The summed E-state index contributed by atoms with van der Waals surface area (Å²) in [6.07, 6.45) is 0. The van der Waals surface area contributed by atoms with Gasteiger partial charge in [-0.1, -0.05) is 13.8 Å². The van der Waals surface area contributed by atoms with Crippen LogP contribution < -0.4 is 5.69 Å². The van der Waals surface area contributed by atoms with Crippen molar-refractivity contribution in [3.63, 3.8) is 0 Å². The van der Waals surface area contributed by atoms with Crippen LogP contribution in [0.3, 0.4) is 0 Å². The van der Waals surface area contributed by atoms with Gasteiger partial charge in [-0.3, -0.25) is 0 Å². The van der Waals surface area contributed by atoms with Gasteiger partial charge in [-0.2, -0.15) is 4.98 Å². The molecule has 0 atom stereocenters. The van der Waals surface area contributed by atoms with Crippen LogP contribution in [0.25, 0.3) is 10.9 Å². The summed E-state index contributed by atoms with van der Waals surface area (Å²) in [5, 5.41) is 0.797. The fourth-order valence-corrected chi connectivity index (χ4v) is 1.60. The molecular weight excluding hydrogens is 195 g/mol. The summed E-state index contributed by atoms with van der Waals surface area (Å²) in [5.41, 5.74) is 0.768. The fourth-order valence-electron chi connectivity index (χ4n) is 1.60. The molecule has 0 aliphatic carbocycles. The van der Waals surface area contributed by atoms with Gasteiger partial charge in [0.05, 0.1) is 5.52 Å². The predicted molar refractivity (Wildman–Crippen MR) is 56.4 cm³/mol. The van der Waals surface area contributed by atoms with E-state index in [0.29, 0.717) is 5.52 Å². The van der Waals surface area contributed by atoms with Crippen LogP contribution in [0.2, 0.25) is 0 Å². The number of nitrogens with zero attached hydrogens (tertiary/aromatic N) is 1. The highest BCUT2D eigenvalue weighted by atomic mass is 19.1. The molecule has 0 fully saturated rings. The second-order valence-electron chi connectivity index (χ2n) is 3.77. The van der Waals surface area contributed by atoms with Crippen molar-refractivity contribution in [3.8, 4) is 0 Å². The molecule has 4 heteroatoms. The van der Waals surface area contributed by atoms with Gasteiger partial charge in [0.1, 0.15) is 5.82 Å². The average Bonchev–Trinajstić information content (AvgIpc) is 2.15. The molecule has 1 heterocycles. The maximum absolute atomic E-state index is 12.9. The summed E-state index contributed by atoms with van der Waals surface area (Å²) in [4.78, 5) is 17.6. The molecule has 0 spiro atoms. The molecule has 2 aromatic rings. The molecule has 1 aromatic heterocycles. The molecule has 1 N–H and O–H groups in total. The van der Waals surface area contributed by atoms with Gasteiger partial charge in [0, 0.05) is 17.1 Å². The van der Waals surface area contributed by atoms with Gasteiger partial charge in [-0.05, 0) is 18.1 Å². The monoisotopic (exact) mass is 206 g/mol. The molecule has 0 radical (unpaired) electrons. The van der Waals surface area contributed by atoms with Crippen molar-refractivity contribution in [2.75, 3.05) is 0 Å². The zero-order chi connectivity index (χ0) is 11.0. The number of aromatic amines is 1. The average molecular weight is 206 g/mol. The van der Waals surface area contributed by atoms with Crippen molar-refractivity contribution in [1.82, 2.24) is 9.97 Å².